The molecule has 2 aromatic heterocycles. The van der Waals surface area contributed by atoms with Crippen LogP contribution in [0.2, 0.25) is 0 Å². The molecule has 0 bridgehead atoms. The molecular weight excluding hydrogens is 456 g/mol. The van der Waals surface area contributed by atoms with E-state index in [4.69, 9.17) is 0 Å². The van der Waals surface area contributed by atoms with Crippen LogP contribution in [0.3, 0.4) is 0 Å². The normalized spacial score (nSPS) is 13.4. The Kier molecular flexibility index (Phi) is 5.65. The number of rotatable bonds is 6. The van der Waals surface area contributed by atoms with Crippen molar-refractivity contribution in [2.24, 2.45) is 0 Å². The fraction of sp³-hybridized carbons (Fsp3) is 0.125. The molecule has 9 heteroatoms. The molecule has 0 spiro atoms. The van der Waals surface area contributed by atoms with Gasteiger partial charge in [-0.25, -0.2) is 4.98 Å². The zero-order valence-corrected chi connectivity index (χ0v) is 19.1. The average molecular weight is 475 g/mol. The largest absolute Gasteiger partial charge is 0.325 e. The number of anilines is 1. The summed E-state index contributed by atoms with van der Waals surface area (Å²) in [6, 6.07) is 15.6. The van der Waals surface area contributed by atoms with Crippen molar-refractivity contribution in [3.63, 3.8) is 0 Å². The highest BCUT2D eigenvalue weighted by Gasteiger charge is 2.29. The van der Waals surface area contributed by atoms with Gasteiger partial charge < -0.3 is 5.32 Å². The third-order valence-corrected chi connectivity index (χ3v) is 7.11. The van der Waals surface area contributed by atoms with Gasteiger partial charge in [0.15, 0.2) is 11.6 Å². The van der Waals surface area contributed by atoms with Crippen LogP contribution in [0.1, 0.15) is 49.5 Å². The lowest BCUT2D eigenvalue weighted by atomic mass is 9.84. The molecule has 0 saturated carbocycles. The van der Waals surface area contributed by atoms with Gasteiger partial charge >= 0.3 is 0 Å². The lowest BCUT2D eigenvalue weighted by molar-refractivity contribution is -0.115. The number of aromatic amines is 1. The second kappa shape index (κ2) is 8.76. The maximum absolute atomic E-state index is 12.9. The third-order valence-electron chi connectivity index (χ3n) is 5.28. The van der Waals surface area contributed by atoms with Gasteiger partial charge in [0.1, 0.15) is 5.82 Å². The summed E-state index contributed by atoms with van der Waals surface area (Å²) < 4.78 is 0. The standard InChI is InChI=1S/C24H18N4O3S2/c1-13(33-24-26-20(27-28-24)12-15-5-4-10-32-15)23(31)25-14-8-9-18-19(11-14)22(30)17-7-3-2-6-16(17)21(18)29/h2-11,13H,12H2,1H3,(H,25,31)(H,26,27,28)/t13-/m1/s1. The van der Waals surface area contributed by atoms with E-state index in [1.165, 1.54) is 16.6 Å². The van der Waals surface area contributed by atoms with Gasteiger partial charge in [0, 0.05) is 39.2 Å². The lowest BCUT2D eigenvalue weighted by Gasteiger charge is -2.18. The zero-order valence-electron chi connectivity index (χ0n) is 17.5. The smallest absolute Gasteiger partial charge is 0.237 e. The molecule has 0 unspecified atom stereocenters. The first-order valence-corrected chi connectivity index (χ1v) is 12.0. The molecule has 7 nitrogen and oxygen atoms in total. The summed E-state index contributed by atoms with van der Waals surface area (Å²) in [5, 5.41) is 12.0. The number of aromatic nitrogens is 3. The highest BCUT2D eigenvalue weighted by atomic mass is 32.2. The topological polar surface area (TPSA) is 105 Å². The van der Waals surface area contributed by atoms with Crippen molar-refractivity contribution in [1.82, 2.24) is 15.2 Å². The number of nitrogens with zero attached hydrogens (tertiary/aromatic N) is 2. The van der Waals surface area contributed by atoms with Gasteiger partial charge in [-0.05, 0) is 36.6 Å². The maximum Gasteiger partial charge on any atom is 0.237 e. The van der Waals surface area contributed by atoms with Gasteiger partial charge in [-0.3, -0.25) is 19.5 Å². The molecule has 0 fully saturated rings. The van der Waals surface area contributed by atoms with Crippen LogP contribution in [-0.2, 0) is 11.2 Å². The minimum absolute atomic E-state index is 0.190. The number of thiophene rings is 1. The van der Waals surface area contributed by atoms with E-state index >= 15 is 0 Å². The Morgan fingerprint density at radius 2 is 1.76 bits per heavy atom. The first kappa shape index (κ1) is 21.3. The fourth-order valence-corrected chi connectivity index (χ4v) is 5.07. The maximum atomic E-state index is 12.9. The summed E-state index contributed by atoms with van der Waals surface area (Å²) in [4.78, 5) is 44.0. The molecule has 2 heterocycles. The molecule has 1 aliphatic carbocycles. The predicted octanol–water partition coefficient (Wildman–Crippen LogP) is 4.35. The van der Waals surface area contributed by atoms with Gasteiger partial charge in [-0.2, -0.15) is 0 Å². The van der Waals surface area contributed by atoms with Crippen molar-refractivity contribution in [3.8, 4) is 0 Å². The Hall–Kier alpha value is -3.56. The number of carbonyl (C=O) groups is 3. The molecule has 2 N–H and O–H groups in total. The van der Waals surface area contributed by atoms with E-state index in [1.54, 1.807) is 60.7 Å². The van der Waals surface area contributed by atoms with Crippen molar-refractivity contribution in [2.75, 3.05) is 5.32 Å². The van der Waals surface area contributed by atoms with Gasteiger partial charge in [0.2, 0.25) is 11.1 Å². The number of amides is 1. The van der Waals surface area contributed by atoms with E-state index in [1.807, 2.05) is 17.5 Å². The molecule has 0 aliphatic heterocycles. The Bertz CT molecular complexity index is 1380. The van der Waals surface area contributed by atoms with Crippen molar-refractivity contribution in [2.45, 2.75) is 23.8 Å². The number of thioether (sulfide) groups is 1. The van der Waals surface area contributed by atoms with Crippen LogP contribution < -0.4 is 5.32 Å². The summed E-state index contributed by atoms with van der Waals surface area (Å²) in [7, 11) is 0. The van der Waals surface area contributed by atoms with Crippen LogP contribution in [0, 0.1) is 0 Å². The molecule has 1 aliphatic rings. The quantitative estimate of drug-likeness (QED) is 0.355. The molecule has 0 radical (unpaired) electrons. The van der Waals surface area contributed by atoms with Gasteiger partial charge in [0.05, 0.1) is 5.25 Å². The number of H-pyrrole nitrogens is 1. The SMILES string of the molecule is C[C@@H](Sc1n[nH]c(Cc2cccs2)n1)C(=O)Nc1ccc2c(c1)C(=O)c1ccccc1C2=O. The molecule has 5 rings (SSSR count). The van der Waals surface area contributed by atoms with E-state index < -0.39 is 5.25 Å². The predicted molar refractivity (Wildman–Crippen MR) is 127 cm³/mol. The number of nitrogens with one attached hydrogen (secondary N) is 2. The van der Waals surface area contributed by atoms with Crippen molar-refractivity contribution < 1.29 is 14.4 Å². The van der Waals surface area contributed by atoms with Gasteiger partial charge in [-0.1, -0.05) is 42.1 Å². The minimum atomic E-state index is -0.468. The van der Waals surface area contributed by atoms with Gasteiger partial charge in [0.25, 0.3) is 0 Å². The van der Waals surface area contributed by atoms with Crippen LogP contribution in [0.15, 0.2) is 65.1 Å². The molecule has 1 atom stereocenters. The summed E-state index contributed by atoms with van der Waals surface area (Å²) in [6.45, 7) is 1.76. The summed E-state index contributed by atoms with van der Waals surface area (Å²) >= 11 is 2.89. The van der Waals surface area contributed by atoms with E-state index in [0.717, 1.165) is 5.82 Å². The molecule has 4 aromatic rings. The average Bonchev–Trinajstić information content (AvgIpc) is 3.50. The molecule has 33 heavy (non-hydrogen) atoms. The number of benzene rings is 2. The Morgan fingerprint density at radius 3 is 2.48 bits per heavy atom. The van der Waals surface area contributed by atoms with Crippen LogP contribution >= 0.6 is 23.1 Å². The van der Waals surface area contributed by atoms with E-state index in [2.05, 4.69) is 20.5 Å². The van der Waals surface area contributed by atoms with Gasteiger partial charge in [-0.15, -0.1) is 16.4 Å². The lowest BCUT2D eigenvalue weighted by Crippen LogP contribution is -2.24. The number of fused-ring (bicyclic) bond motifs is 2. The van der Waals surface area contributed by atoms with Crippen molar-refractivity contribution in [1.29, 1.82) is 0 Å². The van der Waals surface area contributed by atoms with E-state index in [9.17, 15) is 14.4 Å². The molecule has 0 saturated heterocycles. The van der Waals surface area contributed by atoms with Crippen LogP contribution in [0.5, 0.6) is 0 Å². The summed E-state index contributed by atoms with van der Waals surface area (Å²) in [6.07, 6.45) is 0.663. The fourth-order valence-electron chi connectivity index (χ4n) is 3.62. The zero-order chi connectivity index (χ0) is 22.9. The Balaban J connectivity index is 1.27. The summed E-state index contributed by atoms with van der Waals surface area (Å²) in [5.41, 5.74) is 1.88. The number of carbonyl (C=O) groups excluding carboxylic acids is 3. The van der Waals surface area contributed by atoms with Crippen LogP contribution in [0.25, 0.3) is 0 Å². The monoisotopic (exact) mass is 474 g/mol. The number of hydrogen-bond acceptors (Lipinski definition) is 7. The first-order chi connectivity index (χ1) is 16.0. The highest BCUT2D eigenvalue weighted by Crippen LogP contribution is 2.29. The van der Waals surface area contributed by atoms with Crippen LogP contribution in [-0.4, -0.2) is 37.9 Å². The number of hydrogen-bond donors (Lipinski definition) is 2. The third kappa shape index (κ3) is 4.24. The Morgan fingerprint density at radius 1 is 1.03 bits per heavy atom. The molecule has 1 amide bonds. The van der Waals surface area contributed by atoms with E-state index in [-0.39, 0.29) is 17.5 Å². The van der Waals surface area contributed by atoms with E-state index in [0.29, 0.717) is 39.5 Å². The van der Waals surface area contributed by atoms with Crippen LogP contribution in [0.4, 0.5) is 5.69 Å². The molecule has 164 valence electrons. The first-order valence-electron chi connectivity index (χ1n) is 10.2. The Labute approximate surface area is 197 Å². The second-order valence-electron chi connectivity index (χ2n) is 7.53. The van der Waals surface area contributed by atoms with Crippen molar-refractivity contribution >= 4 is 46.3 Å². The molecular formula is C24H18N4O3S2. The highest BCUT2D eigenvalue weighted by molar-refractivity contribution is 8.00. The molecule has 2 aromatic carbocycles. The summed E-state index contributed by atoms with van der Waals surface area (Å²) in [5.74, 6) is 0.0768. The minimum Gasteiger partial charge on any atom is -0.325 e. The second-order valence-corrected chi connectivity index (χ2v) is 9.87. The van der Waals surface area contributed by atoms with Crippen molar-refractivity contribution in [3.05, 3.63) is 92.9 Å². The number of ketones is 2.